The highest BCUT2D eigenvalue weighted by atomic mass is 32.2. The normalized spacial score (nSPS) is 16.5. The Morgan fingerprint density at radius 3 is 2.20 bits per heavy atom. The Morgan fingerprint density at radius 2 is 1.58 bits per heavy atom. The predicted octanol–water partition coefficient (Wildman–Crippen LogP) is 8.21. The minimum absolute atomic E-state index is 0.0552. The number of anilines is 1. The lowest BCUT2D eigenvalue weighted by atomic mass is 9.76. The Kier molecular flexibility index (Phi) is 13.8. The third kappa shape index (κ3) is 9.86. The standard InChI is InChI=1S/C43H51F4N3O8S/c1-7-48(8-2)28-18-19-29-27(25-32(42(3,4)5)57-30(29)26-28)15-14-16-31-43(6,22-11-9-10-17-35(53)58-50-33(51)20-21-34(50)52)36-37(44)38(45)39(46)40(47)41(36)49(31)23-12-13-24-59(54,55)56/h14-16,18-21,25-26H,7-13,17,22-24H2,1-6H3,(H2-,51,52,54,55,56)/p+1. The monoisotopic (exact) mass is 846 g/mol. The van der Waals surface area contributed by atoms with Gasteiger partial charge in [0.05, 0.1) is 17.5 Å². The quantitative estimate of drug-likeness (QED) is 0.0254. The summed E-state index contributed by atoms with van der Waals surface area (Å²) >= 11 is 0. The van der Waals surface area contributed by atoms with Gasteiger partial charge in [-0.25, -0.2) is 26.9 Å². The number of hydrogen-bond donors (Lipinski definition) is 3. The van der Waals surface area contributed by atoms with Gasteiger partial charge in [-0.2, -0.15) is 8.42 Å². The van der Waals surface area contributed by atoms with Gasteiger partial charge in [0.15, 0.2) is 23.3 Å². The number of benzene rings is 2. The number of halogens is 4. The van der Waals surface area contributed by atoms with E-state index >= 15 is 13.2 Å². The lowest BCUT2D eigenvalue weighted by molar-refractivity contribution is -0.145. The lowest BCUT2D eigenvalue weighted by Gasteiger charge is -2.30. The van der Waals surface area contributed by atoms with Crippen molar-refractivity contribution in [3.8, 4) is 23.1 Å². The molecule has 0 fully saturated rings. The molecule has 0 amide bonds. The summed E-state index contributed by atoms with van der Waals surface area (Å²) in [4.78, 5) is 18.8. The van der Waals surface area contributed by atoms with E-state index in [-0.39, 0.29) is 44.1 Å². The van der Waals surface area contributed by atoms with Crippen LogP contribution < -0.4 is 19.7 Å². The zero-order valence-electron chi connectivity index (χ0n) is 34.1. The maximum Gasteiger partial charge on any atom is 0.333 e. The Morgan fingerprint density at radius 1 is 0.915 bits per heavy atom. The van der Waals surface area contributed by atoms with Crippen LogP contribution in [0.25, 0.3) is 17.4 Å². The first-order valence-corrected chi connectivity index (χ1v) is 21.3. The van der Waals surface area contributed by atoms with E-state index < -0.39 is 73.5 Å². The number of carbonyl (C=O) groups excluding carboxylic acids is 1. The SMILES string of the molecule is CC[N+](CC)=c1ccc2c(C=CC=C3N(CCCCS(=O)(=O)O)c4c(F)c(F)c(F)c(F)c4C3(C)CCCCCC(=O)On3c(O)ccc3O)cc(C(C)(C)C)oc-2c1. The maximum atomic E-state index is 16.0. The van der Waals surface area contributed by atoms with Crippen LogP contribution in [-0.2, 0) is 25.7 Å². The molecule has 5 rings (SSSR count). The molecule has 2 aliphatic heterocycles. The summed E-state index contributed by atoms with van der Waals surface area (Å²) in [5, 5.41) is 20.5. The Labute approximate surface area is 341 Å². The van der Waals surface area contributed by atoms with Crippen molar-refractivity contribution in [3.63, 3.8) is 0 Å². The van der Waals surface area contributed by atoms with Gasteiger partial charge in [-0.05, 0) is 70.2 Å². The van der Waals surface area contributed by atoms with Crippen LogP contribution in [0.4, 0.5) is 23.2 Å². The molecule has 1 aromatic carbocycles. The molecule has 0 spiro atoms. The summed E-state index contributed by atoms with van der Waals surface area (Å²) in [6.07, 6.45) is 6.02. The van der Waals surface area contributed by atoms with Crippen molar-refractivity contribution >= 4 is 27.9 Å². The van der Waals surface area contributed by atoms with Crippen molar-refractivity contribution in [1.82, 2.24) is 9.31 Å². The second kappa shape index (κ2) is 18.0. The van der Waals surface area contributed by atoms with Crippen LogP contribution >= 0.6 is 0 Å². The molecule has 3 aliphatic rings. The molecule has 0 saturated heterocycles. The van der Waals surface area contributed by atoms with Crippen LogP contribution in [0.2, 0.25) is 0 Å². The molecule has 0 radical (unpaired) electrons. The number of nitrogens with zero attached hydrogens (tertiary/aromatic N) is 3. The number of unbranched alkanes of at least 4 members (excludes halogenated alkanes) is 3. The Hall–Kier alpha value is -5.09. The molecule has 3 N–H and O–H groups in total. The fourth-order valence-electron chi connectivity index (χ4n) is 7.54. The van der Waals surface area contributed by atoms with E-state index in [9.17, 15) is 32.4 Å². The molecule has 2 aromatic rings. The van der Waals surface area contributed by atoms with Gasteiger partial charge in [0, 0.05) is 58.8 Å². The number of aromatic hydroxyl groups is 2. The van der Waals surface area contributed by atoms with E-state index in [0.717, 1.165) is 41.7 Å². The fourth-order valence-corrected chi connectivity index (χ4v) is 8.11. The van der Waals surface area contributed by atoms with Crippen molar-refractivity contribution in [2.24, 2.45) is 0 Å². The summed E-state index contributed by atoms with van der Waals surface area (Å²) in [5.74, 6) is -8.06. The van der Waals surface area contributed by atoms with E-state index in [2.05, 4.69) is 18.4 Å². The van der Waals surface area contributed by atoms with Crippen LogP contribution in [0.5, 0.6) is 11.8 Å². The van der Waals surface area contributed by atoms with Gasteiger partial charge >= 0.3 is 5.97 Å². The van der Waals surface area contributed by atoms with Crippen molar-refractivity contribution in [1.29, 1.82) is 0 Å². The van der Waals surface area contributed by atoms with Gasteiger partial charge < -0.3 is 24.4 Å². The summed E-state index contributed by atoms with van der Waals surface area (Å²) in [5.41, 5.74) is -0.867. The molecule has 0 bridgehead atoms. The number of carbonyl (C=O) groups is 1. The number of fused-ring (bicyclic) bond motifs is 2. The van der Waals surface area contributed by atoms with Crippen LogP contribution in [0, 0.1) is 23.3 Å². The molecule has 1 aromatic heterocycles. The van der Waals surface area contributed by atoms with Crippen LogP contribution in [0.15, 0.2) is 58.7 Å². The molecular formula is C43H52F4N3O8S+. The van der Waals surface area contributed by atoms with E-state index in [1.807, 2.05) is 51.1 Å². The highest BCUT2D eigenvalue weighted by molar-refractivity contribution is 7.85. The van der Waals surface area contributed by atoms with E-state index in [1.165, 1.54) is 4.90 Å². The summed E-state index contributed by atoms with van der Waals surface area (Å²) in [6.45, 7) is 13.2. The first-order chi connectivity index (χ1) is 27.7. The van der Waals surface area contributed by atoms with Gasteiger partial charge in [0.1, 0.15) is 24.6 Å². The Balaban J connectivity index is 1.55. The van der Waals surface area contributed by atoms with Crippen molar-refractivity contribution in [2.45, 2.75) is 97.3 Å². The third-order valence-electron chi connectivity index (χ3n) is 10.7. The molecule has 11 nitrogen and oxygen atoms in total. The average Bonchev–Trinajstić information content (AvgIpc) is 3.61. The van der Waals surface area contributed by atoms with Gasteiger partial charge in [-0.15, -0.1) is 4.73 Å². The predicted molar refractivity (Wildman–Crippen MR) is 217 cm³/mol. The number of allylic oxidation sites excluding steroid dienone is 3. The first kappa shape index (κ1) is 45.0. The van der Waals surface area contributed by atoms with Gasteiger partial charge in [-0.3, -0.25) is 4.55 Å². The second-order valence-corrected chi connectivity index (χ2v) is 17.5. The molecular weight excluding hydrogens is 795 g/mol. The summed E-state index contributed by atoms with van der Waals surface area (Å²) in [7, 11) is -4.33. The highest BCUT2D eigenvalue weighted by Crippen LogP contribution is 2.54. The average molecular weight is 847 g/mol. The third-order valence-corrected chi connectivity index (χ3v) is 11.5. The van der Waals surface area contributed by atoms with Crippen LogP contribution in [-0.4, -0.2) is 59.3 Å². The molecule has 3 heterocycles. The van der Waals surface area contributed by atoms with Gasteiger partial charge in [0.2, 0.25) is 17.1 Å². The van der Waals surface area contributed by atoms with E-state index in [0.29, 0.717) is 34.8 Å². The summed E-state index contributed by atoms with van der Waals surface area (Å²) in [6, 6.07) is 10.1. The molecule has 320 valence electrons. The number of hydrogen-bond acceptors (Lipinski definition) is 8. The van der Waals surface area contributed by atoms with Crippen molar-refractivity contribution in [3.05, 3.63) is 99.8 Å². The molecule has 1 unspecified atom stereocenters. The minimum atomic E-state index is -4.33. The van der Waals surface area contributed by atoms with Crippen molar-refractivity contribution < 1.29 is 54.8 Å². The zero-order chi connectivity index (χ0) is 43.4. The number of rotatable bonds is 16. The molecule has 59 heavy (non-hydrogen) atoms. The van der Waals surface area contributed by atoms with Crippen LogP contribution in [0.1, 0.15) is 103 Å². The fraction of sp³-hybridized carbons (Fsp3) is 0.442. The van der Waals surface area contributed by atoms with E-state index in [1.54, 1.807) is 19.1 Å². The maximum absolute atomic E-state index is 16.0. The van der Waals surface area contributed by atoms with Gasteiger partial charge in [0.25, 0.3) is 10.1 Å². The van der Waals surface area contributed by atoms with Crippen LogP contribution in [0.3, 0.4) is 0 Å². The highest BCUT2D eigenvalue weighted by Gasteiger charge is 2.49. The zero-order valence-corrected chi connectivity index (χ0v) is 34.9. The molecule has 1 atom stereocenters. The lowest BCUT2D eigenvalue weighted by Crippen LogP contribution is -2.30. The first-order valence-electron chi connectivity index (χ1n) is 19.7. The molecule has 1 aliphatic carbocycles. The molecule has 16 heteroatoms. The number of aromatic nitrogens is 1. The van der Waals surface area contributed by atoms with E-state index in [4.69, 9.17) is 9.25 Å². The minimum Gasteiger partial charge on any atom is -0.492 e. The molecule has 0 saturated carbocycles. The largest absolute Gasteiger partial charge is 0.492 e. The van der Waals surface area contributed by atoms with Gasteiger partial charge in [-0.1, -0.05) is 45.8 Å². The summed E-state index contributed by atoms with van der Waals surface area (Å²) < 4.78 is 103. The second-order valence-electron chi connectivity index (χ2n) is 15.9. The smallest absolute Gasteiger partial charge is 0.333 e. The topological polar surface area (TPSA) is 145 Å². The van der Waals surface area contributed by atoms with Crippen molar-refractivity contribution in [2.75, 3.05) is 30.3 Å². The Bertz CT molecular complexity index is 2390.